The monoisotopic (exact) mass is 211 g/mol. The van der Waals surface area contributed by atoms with Gasteiger partial charge in [0.25, 0.3) is 0 Å². The highest BCUT2D eigenvalue weighted by molar-refractivity contribution is 7.33. The molecule has 0 aliphatic heterocycles. The minimum absolute atomic E-state index is 0.382. The minimum atomic E-state index is -2.04. The first kappa shape index (κ1) is 10.9. The molecule has 0 amide bonds. The van der Waals surface area contributed by atoms with Crippen LogP contribution in [0, 0.1) is 0 Å². The molecule has 0 spiro atoms. The second-order valence-electron chi connectivity index (χ2n) is 2.56. The maximum Gasteiger partial charge on any atom is 0.749 e. The van der Waals surface area contributed by atoms with Gasteiger partial charge in [-0.1, -0.05) is 36.9 Å². The molecule has 0 radical (unpaired) electrons. The third-order valence-electron chi connectivity index (χ3n) is 1.59. The summed E-state index contributed by atoms with van der Waals surface area (Å²) in [7, 11) is -2.04. The average Bonchev–Trinajstić information content (AvgIpc) is 2.20. The molecule has 0 aromatic heterocycles. The summed E-state index contributed by atoms with van der Waals surface area (Å²) in [5.41, 5.74) is 1.15. The van der Waals surface area contributed by atoms with E-state index < -0.39 is 8.25 Å². The van der Waals surface area contributed by atoms with Gasteiger partial charge in [0.2, 0.25) is 0 Å². The first-order valence-electron chi connectivity index (χ1n) is 4.24. The van der Waals surface area contributed by atoms with Crippen molar-refractivity contribution in [2.45, 2.75) is 6.42 Å². The van der Waals surface area contributed by atoms with Crippen LogP contribution in [0.1, 0.15) is 5.56 Å². The molecule has 4 heteroatoms. The lowest BCUT2D eigenvalue weighted by Crippen LogP contribution is -1.92. The van der Waals surface area contributed by atoms with Gasteiger partial charge in [0.1, 0.15) is 12.9 Å². The zero-order chi connectivity index (χ0) is 10.2. The Hall–Kier alpha value is -1.18. The Morgan fingerprint density at radius 3 is 2.71 bits per heavy atom. The molecule has 0 aliphatic rings. The summed E-state index contributed by atoms with van der Waals surface area (Å²) in [5.74, 6) is 0. The molecule has 1 rings (SSSR count). The van der Waals surface area contributed by atoms with Crippen molar-refractivity contribution < 1.29 is 13.6 Å². The molecule has 1 aromatic rings. The molecular formula is C10H12O3P+. The van der Waals surface area contributed by atoms with E-state index in [2.05, 4.69) is 11.1 Å². The summed E-state index contributed by atoms with van der Waals surface area (Å²) < 4.78 is 20.3. The Morgan fingerprint density at radius 2 is 2.07 bits per heavy atom. The predicted octanol–water partition coefficient (Wildman–Crippen LogP) is 3.06. The second kappa shape index (κ2) is 6.30. The van der Waals surface area contributed by atoms with Crippen molar-refractivity contribution in [3.8, 4) is 0 Å². The van der Waals surface area contributed by atoms with Gasteiger partial charge in [-0.15, -0.1) is 4.52 Å². The summed E-state index contributed by atoms with van der Waals surface area (Å²) in [4.78, 5) is 0. The van der Waals surface area contributed by atoms with Crippen molar-refractivity contribution in [3.63, 3.8) is 0 Å². The van der Waals surface area contributed by atoms with Gasteiger partial charge in [0, 0.05) is 11.0 Å². The van der Waals surface area contributed by atoms with Gasteiger partial charge in [-0.05, 0) is 5.56 Å². The van der Waals surface area contributed by atoms with Crippen LogP contribution in [0.5, 0.6) is 0 Å². The summed E-state index contributed by atoms with van der Waals surface area (Å²) in [6.45, 7) is 3.66. The van der Waals surface area contributed by atoms with Gasteiger partial charge in [-0.25, -0.2) is 4.52 Å². The molecule has 74 valence electrons. The van der Waals surface area contributed by atoms with Crippen LogP contribution in [-0.4, -0.2) is 6.61 Å². The Bertz CT molecular complexity index is 297. The smallest absolute Gasteiger partial charge is 0.238 e. The standard InChI is InChI=1S/C10H12O3P/c1-2-12-14(11)13-9-8-10-6-4-3-5-7-10/h2-7H,1,8-9H2/q+1. The number of benzene rings is 1. The van der Waals surface area contributed by atoms with E-state index in [1.807, 2.05) is 30.3 Å². The van der Waals surface area contributed by atoms with Crippen LogP contribution in [0.2, 0.25) is 0 Å². The summed E-state index contributed by atoms with van der Waals surface area (Å²) in [6.07, 6.45) is 1.84. The molecule has 0 N–H and O–H groups in total. The third-order valence-corrected chi connectivity index (χ3v) is 2.31. The molecule has 1 aromatic carbocycles. The Labute approximate surface area is 84.3 Å². The largest absolute Gasteiger partial charge is 0.749 e. The van der Waals surface area contributed by atoms with E-state index in [4.69, 9.17) is 4.52 Å². The number of hydrogen-bond acceptors (Lipinski definition) is 3. The molecule has 14 heavy (non-hydrogen) atoms. The minimum Gasteiger partial charge on any atom is -0.238 e. The lowest BCUT2D eigenvalue weighted by atomic mass is 10.2. The van der Waals surface area contributed by atoms with Gasteiger partial charge in [-0.3, -0.25) is 0 Å². The number of rotatable bonds is 6. The molecule has 0 saturated carbocycles. The fraction of sp³-hybridized carbons (Fsp3) is 0.200. The lowest BCUT2D eigenvalue weighted by molar-refractivity contribution is 0.275. The molecule has 1 unspecified atom stereocenters. The van der Waals surface area contributed by atoms with Gasteiger partial charge in [0.15, 0.2) is 0 Å². The van der Waals surface area contributed by atoms with Crippen LogP contribution in [0.25, 0.3) is 0 Å². The number of hydrogen-bond donors (Lipinski definition) is 0. The lowest BCUT2D eigenvalue weighted by Gasteiger charge is -1.94. The van der Waals surface area contributed by atoms with Crippen LogP contribution in [0.4, 0.5) is 0 Å². The van der Waals surface area contributed by atoms with E-state index in [1.165, 1.54) is 0 Å². The normalized spacial score (nSPS) is 10.7. The van der Waals surface area contributed by atoms with Crippen molar-refractivity contribution in [1.29, 1.82) is 0 Å². The highest BCUT2D eigenvalue weighted by Crippen LogP contribution is 2.23. The van der Waals surface area contributed by atoms with E-state index in [0.29, 0.717) is 6.61 Å². The first-order valence-corrected chi connectivity index (χ1v) is 5.34. The topological polar surface area (TPSA) is 35.5 Å². The quantitative estimate of drug-likeness (QED) is 0.535. The van der Waals surface area contributed by atoms with Crippen molar-refractivity contribution in [2.24, 2.45) is 0 Å². The van der Waals surface area contributed by atoms with E-state index in [1.54, 1.807) is 0 Å². The van der Waals surface area contributed by atoms with Crippen LogP contribution < -0.4 is 0 Å². The van der Waals surface area contributed by atoms with Crippen LogP contribution in [-0.2, 0) is 20.0 Å². The second-order valence-corrected chi connectivity index (χ2v) is 3.48. The Kier molecular flexibility index (Phi) is 4.90. The third kappa shape index (κ3) is 4.17. The van der Waals surface area contributed by atoms with Crippen LogP contribution in [0.15, 0.2) is 43.2 Å². The molecule has 0 bridgehead atoms. The fourth-order valence-corrected chi connectivity index (χ4v) is 1.40. The zero-order valence-corrected chi connectivity index (χ0v) is 8.65. The Balaban J connectivity index is 2.22. The van der Waals surface area contributed by atoms with Crippen molar-refractivity contribution in [2.75, 3.05) is 6.61 Å². The SMILES string of the molecule is C=CO[P+](=O)OCCc1ccccc1. The Morgan fingerprint density at radius 1 is 1.36 bits per heavy atom. The van der Waals surface area contributed by atoms with Gasteiger partial charge in [0.05, 0.1) is 0 Å². The highest BCUT2D eigenvalue weighted by Gasteiger charge is 2.17. The van der Waals surface area contributed by atoms with Crippen LogP contribution in [0.3, 0.4) is 0 Å². The zero-order valence-electron chi connectivity index (χ0n) is 7.76. The van der Waals surface area contributed by atoms with E-state index >= 15 is 0 Å². The molecule has 0 saturated heterocycles. The maximum atomic E-state index is 10.9. The van der Waals surface area contributed by atoms with E-state index in [0.717, 1.165) is 18.2 Å². The summed E-state index contributed by atoms with van der Waals surface area (Å²) in [5, 5.41) is 0. The summed E-state index contributed by atoms with van der Waals surface area (Å²) >= 11 is 0. The van der Waals surface area contributed by atoms with Crippen LogP contribution >= 0.6 is 8.25 Å². The molecule has 0 fully saturated rings. The van der Waals surface area contributed by atoms with Crippen molar-refractivity contribution in [3.05, 3.63) is 48.7 Å². The predicted molar refractivity (Wildman–Crippen MR) is 55.0 cm³/mol. The highest BCUT2D eigenvalue weighted by atomic mass is 31.1. The van der Waals surface area contributed by atoms with Gasteiger partial charge in [-0.2, -0.15) is 0 Å². The molecule has 3 nitrogen and oxygen atoms in total. The van der Waals surface area contributed by atoms with Crippen molar-refractivity contribution >= 4 is 8.25 Å². The molecule has 0 aliphatic carbocycles. The molecular weight excluding hydrogens is 199 g/mol. The molecule has 1 atom stereocenters. The van der Waals surface area contributed by atoms with E-state index in [9.17, 15) is 4.57 Å². The summed E-state index contributed by atoms with van der Waals surface area (Å²) in [6, 6.07) is 9.84. The van der Waals surface area contributed by atoms with Gasteiger partial charge >= 0.3 is 8.25 Å². The van der Waals surface area contributed by atoms with Crippen molar-refractivity contribution in [1.82, 2.24) is 0 Å². The van der Waals surface area contributed by atoms with Gasteiger partial charge < -0.3 is 0 Å². The fourth-order valence-electron chi connectivity index (χ4n) is 0.974. The first-order chi connectivity index (χ1) is 6.83. The average molecular weight is 211 g/mol. The molecule has 0 heterocycles. The van der Waals surface area contributed by atoms with E-state index in [-0.39, 0.29) is 0 Å². The maximum absolute atomic E-state index is 10.9.